The summed E-state index contributed by atoms with van der Waals surface area (Å²) in [5.41, 5.74) is 3.41. The Hall–Kier alpha value is -3.48. The molecule has 29 heavy (non-hydrogen) atoms. The molecule has 1 atom stereocenters. The van der Waals surface area contributed by atoms with Gasteiger partial charge in [0.25, 0.3) is 5.89 Å². The van der Waals surface area contributed by atoms with Gasteiger partial charge in [-0.05, 0) is 43.3 Å². The van der Waals surface area contributed by atoms with Gasteiger partial charge in [0.1, 0.15) is 0 Å². The van der Waals surface area contributed by atoms with Crippen molar-refractivity contribution in [3.05, 3.63) is 59.9 Å². The van der Waals surface area contributed by atoms with E-state index in [4.69, 9.17) is 4.52 Å². The highest BCUT2D eigenvalue weighted by Gasteiger charge is 2.35. The van der Waals surface area contributed by atoms with Crippen LogP contribution in [0.4, 0.5) is 11.4 Å². The van der Waals surface area contributed by atoms with Crippen LogP contribution in [0.1, 0.15) is 24.7 Å². The maximum Gasteiger partial charge on any atom is 0.257 e. The molecular formula is C22H22N4O3. The van der Waals surface area contributed by atoms with Crippen LogP contribution in [-0.2, 0) is 16.0 Å². The van der Waals surface area contributed by atoms with E-state index in [9.17, 15) is 9.59 Å². The van der Waals surface area contributed by atoms with Crippen LogP contribution in [0.3, 0.4) is 0 Å². The van der Waals surface area contributed by atoms with Gasteiger partial charge in [-0.2, -0.15) is 4.98 Å². The smallest absolute Gasteiger partial charge is 0.257 e. The molecule has 0 unspecified atom stereocenters. The molecule has 2 heterocycles. The molecule has 1 saturated heterocycles. The predicted molar refractivity (Wildman–Crippen MR) is 109 cm³/mol. The normalized spacial score (nSPS) is 16.3. The zero-order valence-electron chi connectivity index (χ0n) is 16.4. The molecule has 0 spiro atoms. The number of benzene rings is 2. The molecule has 1 aliphatic heterocycles. The number of hydrogen-bond donors (Lipinski definition) is 1. The Balaban J connectivity index is 1.40. The van der Waals surface area contributed by atoms with Gasteiger partial charge in [0.15, 0.2) is 5.82 Å². The fourth-order valence-corrected chi connectivity index (χ4v) is 3.31. The van der Waals surface area contributed by atoms with Gasteiger partial charge in [0.2, 0.25) is 11.8 Å². The number of anilines is 2. The van der Waals surface area contributed by atoms with Gasteiger partial charge in [0, 0.05) is 36.3 Å². The number of nitrogens with zero attached hydrogens (tertiary/aromatic N) is 3. The van der Waals surface area contributed by atoms with Crippen molar-refractivity contribution in [3.63, 3.8) is 0 Å². The fraction of sp³-hybridized carbons (Fsp3) is 0.273. The molecule has 1 N–H and O–H groups in total. The number of amides is 2. The number of carbonyl (C=O) groups excluding carboxylic acids is 2. The molecule has 0 bridgehead atoms. The Kier molecular flexibility index (Phi) is 5.12. The second kappa shape index (κ2) is 7.87. The molecule has 1 aliphatic rings. The van der Waals surface area contributed by atoms with Crippen LogP contribution in [-0.4, -0.2) is 28.5 Å². The number of nitrogens with one attached hydrogen (secondary N) is 1. The summed E-state index contributed by atoms with van der Waals surface area (Å²) >= 11 is 0. The zero-order chi connectivity index (χ0) is 20.4. The lowest BCUT2D eigenvalue weighted by Gasteiger charge is -2.17. The van der Waals surface area contributed by atoms with Crippen LogP contribution in [0, 0.1) is 12.8 Å². The Morgan fingerprint density at radius 3 is 2.55 bits per heavy atom. The standard InChI is InChI=1S/C22H22N4O3/c1-3-19-24-22(29-25-19)15-6-8-17(9-7-15)23-21(28)16-12-20(27)26(13-16)18-10-4-14(2)5-11-18/h4-11,16H,3,12-13H2,1-2H3,(H,23,28)/t16-/m0/s1. The minimum absolute atomic E-state index is 0.0347. The Morgan fingerprint density at radius 2 is 1.90 bits per heavy atom. The maximum atomic E-state index is 12.7. The topological polar surface area (TPSA) is 88.3 Å². The predicted octanol–water partition coefficient (Wildman–Crippen LogP) is 3.60. The second-order valence-corrected chi connectivity index (χ2v) is 7.18. The summed E-state index contributed by atoms with van der Waals surface area (Å²) < 4.78 is 5.23. The molecular weight excluding hydrogens is 368 g/mol. The number of carbonyl (C=O) groups is 2. The highest BCUT2D eigenvalue weighted by Crippen LogP contribution is 2.27. The summed E-state index contributed by atoms with van der Waals surface area (Å²) in [4.78, 5) is 31.0. The second-order valence-electron chi connectivity index (χ2n) is 7.18. The summed E-state index contributed by atoms with van der Waals surface area (Å²) in [6.45, 7) is 4.34. The van der Waals surface area contributed by atoms with Crippen molar-refractivity contribution in [1.82, 2.24) is 10.1 Å². The first-order chi connectivity index (χ1) is 14.0. The molecule has 2 aromatic carbocycles. The minimum atomic E-state index is -0.383. The summed E-state index contributed by atoms with van der Waals surface area (Å²) in [7, 11) is 0. The molecule has 7 heteroatoms. The van der Waals surface area contributed by atoms with Gasteiger partial charge in [-0.3, -0.25) is 9.59 Å². The third-order valence-electron chi connectivity index (χ3n) is 5.03. The quantitative estimate of drug-likeness (QED) is 0.719. The summed E-state index contributed by atoms with van der Waals surface area (Å²) in [5, 5.41) is 6.78. The maximum absolute atomic E-state index is 12.7. The van der Waals surface area contributed by atoms with Crippen molar-refractivity contribution < 1.29 is 14.1 Å². The average Bonchev–Trinajstić information content (AvgIpc) is 3.36. The van der Waals surface area contributed by atoms with Crippen molar-refractivity contribution in [2.45, 2.75) is 26.7 Å². The molecule has 0 radical (unpaired) electrons. The number of aromatic nitrogens is 2. The van der Waals surface area contributed by atoms with Crippen molar-refractivity contribution in [2.75, 3.05) is 16.8 Å². The van der Waals surface area contributed by atoms with Gasteiger partial charge in [-0.1, -0.05) is 29.8 Å². The summed E-state index contributed by atoms with van der Waals surface area (Å²) in [6, 6.07) is 15.0. The van der Waals surface area contributed by atoms with Crippen LogP contribution in [0.2, 0.25) is 0 Å². The lowest BCUT2D eigenvalue weighted by Crippen LogP contribution is -2.28. The molecule has 3 aromatic rings. The molecule has 148 valence electrons. The highest BCUT2D eigenvalue weighted by molar-refractivity contribution is 6.03. The van der Waals surface area contributed by atoms with Crippen molar-refractivity contribution in [3.8, 4) is 11.5 Å². The first-order valence-corrected chi connectivity index (χ1v) is 9.64. The molecule has 7 nitrogen and oxygen atoms in total. The van der Waals surface area contributed by atoms with Gasteiger partial charge >= 0.3 is 0 Å². The third-order valence-corrected chi connectivity index (χ3v) is 5.03. The summed E-state index contributed by atoms with van der Waals surface area (Å²) in [5.74, 6) is 0.530. The van der Waals surface area contributed by atoms with E-state index < -0.39 is 0 Å². The van der Waals surface area contributed by atoms with Crippen molar-refractivity contribution in [1.29, 1.82) is 0 Å². The van der Waals surface area contributed by atoms with E-state index in [1.54, 1.807) is 17.0 Å². The van der Waals surface area contributed by atoms with Gasteiger partial charge in [-0.25, -0.2) is 0 Å². The van der Waals surface area contributed by atoms with E-state index in [2.05, 4.69) is 15.5 Å². The molecule has 1 aromatic heterocycles. The van der Waals surface area contributed by atoms with Gasteiger partial charge in [0.05, 0.1) is 5.92 Å². The highest BCUT2D eigenvalue weighted by atomic mass is 16.5. The van der Waals surface area contributed by atoms with Gasteiger partial charge < -0.3 is 14.7 Å². The third kappa shape index (κ3) is 4.03. The molecule has 2 amide bonds. The van der Waals surface area contributed by atoms with Crippen LogP contribution < -0.4 is 10.2 Å². The average molecular weight is 390 g/mol. The van der Waals surface area contributed by atoms with E-state index in [0.717, 1.165) is 16.8 Å². The molecule has 0 saturated carbocycles. The number of rotatable bonds is 5. The van der Waals surface area contributed by atoms with Crippen LogP contribution >= 0.6 is 0 Å². The van der Waals surface area contributed by atoms with E-state index in [1.807, 2.05) is 50.2 Å². The van der Waals surface area contributed by atoms with Crippen LogP contribution in [0.25, 0.3) is 11.5 Å². The SMILES string of the molecule is CCc1noc(-c2ccc(NC(=O)[C@H]3CC(=O)N(c4ccc(C)cc4)C3)cc2)n1. The number of aryl methyl sites for hydroxylation is 2. The fourth-order valence-electron chi connectivity index (χ4n) is 3.31. The van der Waals surface area contributed by atoms with Crippen molar-refractivity contribution >= 4 is 23.2 Å². The minimum Gasteiger partial charge on any atom is -0.334 e. The monoisotopic (exact) mass is 390 g/mol. The Labute approximate surface area is 168 Å². The largest absolute Gasteiger partial charge is 0.334 e. The van der Waals surface area contributed by atoms with E-state index in [-0.39, 0.29) is 24.2 Å². The van der Waals surface area contributed by atoms with Gasteiger partial charge in [-0.15, -0.1) is 0 Å². The number of hydrogen-bond acceptors (Lipinski definition) is 5. The van der Waals surface area contributed by atoms with Crippen LogP contribution in [0.15, 0.2) is 53.1 Å². The Morgan fingerprint density at radius 1 is 1.17 bits per heavy atom. The van der Waals surface area contributed by atoms with Crippen LogP contribution in [0.5, 0.6) is 0 Å². The van der Waals surface area contributed by atoms with E-state index >= 15 is 0 Å². The lowest BCUT2D eigenvalue weighted by atomic mass is 10.1. The molecule has 1 fully saturated rings. The summed E-state index contributed by atoms with van der Waals surface area (Å²) in [6.07, 6.45) is 0.914. The lowest BCUT2D eigenvalue weighted by molar-refractivity contribution is -0.122. The van der Waals surface area contributed by atoms with E-state index in [0.29, 0.717) is 30.4 Å². The zero-order valence-corrected chi connectivity index (χ0v) is 16.4. The molecule has 4 rings (SSSR count). The van der Waals surface area contributed by atoms with Crippen molar-refractivity contribution in [2.24, 2.45) is 5.92 Å². The Bertz CT molecular complexity index is 1020. The molecule has 0 aliphatic carbocycles. The van der Waals surface area contributed by atoms with E-state index in [1.165, 1.54) is 0 Å². The first-order valence-electron chi connectivity index (χ1n) is 9.64. The first kappa shape index (κ1) is 18.9.